The Hall–Kier alpha value is -2.83. The second kappa shape index (κ2) is 38.1. The third-order valence-electron chi connectivity index (χ3n) is 11.6. The van der Waals surface area contributed by atoms with E-state index in [1.165, 1.54) is 51.4 Å². The molecular weight excluding hydrogens is 847 g/mol. The van der Waals surface area contributed by atoms with E-state index in [1.54, 1.807) is 6.08 Å². The number of carbonyl (C=O) groups excluding carboxylic acids is 1. The van der Waals surface area contributed by atoms with Gasteiger partial charge in [0.15, 0.2) is 12.6 Å². The Balaban J connectivity index is 1.90. The van der Waals surface area contributed by atoms with Gasteiger partial charge in [-0.3, -0.25) is 4.79 Å². The number of carbonyl (C=O) groups is 1. The van der Waals surface area contributed by atoms with E-state index in [0.717, 1.165) is 64.2 Å². The van der Waals surface area contributed by atoms with Crippen LogP contribution >= 0.6 is 0 Å². The van der Waals surface area contributed by atoms with Crippen molar-refractivity contribution in [2.45, 2.75) is 216 Å². The zero-order chi connectivity index (χ0) is 48.2. The van der Waals surface area contributed by atoms with Gasteiger partial charge in [0.05, 0.1) is 32.0 Å². The highest BCUT2D eigenvalue weighted by Crippen LogP contribution is 2.30. The number of allylic oxidation sites excluding steroid dienone is 13. The summed E-state index contributed by atoms with van der Waals surface area (Å²) < 4.78 is 22.6. The first-order valence-electron chi connectivity index (χ1n) is 24.8. The van der Waals surface area contributed by atoms with Crippen LogP contribution in [0, 0.1) is 0 Å². The predicted octanol–water partition coefficient (Wildman–Crippen LogP) is 6.21. The monoisotopic (exact) mass is 934 g/mol. The lowest BCUT2D eigenvalue weighted by Gasteiger charge is -2.46. The van der Waals surface area contributed by atoms with Crippen LogP contribution in [-0.2, 0) is 23.7 Å². The van der Waals surface area contributed by atoms with E-state index < -0.39 is 86.8 Å². The topological polar surface area (TPSA) is 228 Å². The van der Waals surface area contributed by atoms with Crippen molar-refractivity contribution in [2.75, 3.05) is 19.8 Å². The Labute approximate surface area is 395 Å². The fourth-order valence-electron chi connectivity index (χ4n) is 7.55. The SMILES string of the molecule is CC/C=C\C/C=C\C/C=C\C/C=C\C/C=C\C/C=C\CCC(=O)NC(COC1OC(CO)C(OC2OC(CO)C(O)C(O)C2O)C(O)C1O)C(O)/C=C/CCCCCCCCCCCCC. The van der Waals surface area contributed by atoms with Gasteiger partial charge in [-0.2, -0.15) is 0 Å². The lowest BCUT2D eigenvalue weighted by atomic mass is 9.97. The van der Waals surface area contributed by atoms with Gasteiger partial charge in [-0.25, -0.2) is 0 Å². The molecule has 66 heavy (non-hydrogen) atoms. The van der Waals surface area contributed by atoms with Gasteiger partial charge in [-0.1, -0.05) is 163 Å². The van der Waals surface area contributed by atoms with E-state index >= 15 is 0 Å². The van der Waals surface area contributed by atoms with Crippen LogP contribution < -0.4 is 5.32 Å². The molecule has 12 unspecified atom stereocenters. The number of amides is 1. The predicted molar refractivity (Wildman–Crippen MR) is 258 cm³/mol. The molecule has 0 aromatic heterocycles. The largest absolute Gasteiger partial charge is 0.394 e. The molecule has 378 valence electrons. The Kier molecular flexibility index (Phi) is 34.2. The van der Waals surface area contributed by atoms with Crippen LogP contribution in [0.4, 0.5) is 0 Å². The van der Waals surface area contributed by atoms with Crippen LogP contribution in [0.1, 0.15) is 142 Å². The van der Waals surface area contributed by atoms with Crippen LogP contribution in [0.5, 0.6) is 0 Å². The zero-order valence-electron chi connectivity index (χ0n) is 39.9. The van der Waals surface area contributed by atoms with E-state index in [1.807, 2.05) is 18.2 Å². The van der Waals surface area contributed by atoms with Crippen molar-refractivity contribution in [3.63, 3.8) is 0 Å². The number of unbranched alkanes of at least 4 members (excludes halogenated alkanes) is 11. The summed E-state index contributed by atoms with van der Waals surface area (Å²) in [6.45, 7) is 2.58. The fraction of sp³-hybridized carbons (Fsp3) is 0.712. The van der Waals surface area contributed by atoms with E-state index in [-0.39, 0.29) is 18.9 Å². The van der Waals surface area contributed by atoms with Gasteiger partial charge in [0, 0.05) is 6.42 Å². The lowest BCUT2D eigenvalue weighted by molar-refractivity contribution is -0.359. The number of rotatable bonds is 36. The summed E-state index contributed by atoms with van der Waals surface area (Å²) >= 11 is 0. The minimum atomic E-state index is -1.80. The van der Waals surface area contributed by atoms with Crippen molar-refractivity contribution in [3.05, 3.63) is 85.1 Å². The van der Waals surface area contributed by atoms with Crippen LogP contribution in [0.2, 0.25) is 0 Å². The Morgan fingerprint density at radius 2 is 1.05 bits per heavy atom. The molecule has 2 rings (SSSR count). The van der Waals surface area contributed by atoms with E-state index in [2.05, 4.69) is 79.9 Å². The standard InChI is InChI=1S/C52H87NO13/c1-3-5-7-9-11-13-15-17-18-19-20-21-22-24-26-28-30-32-34-36-44(57)53-40(41(56)35-33-31-29-27-25-23-16-14-12-10-8-6-4-2)39-63-51-49(62)47(60)50(43(38-55)65-51)66-52-48(61)46(59)45(58)42(37-54)64-52/h5,7,11,13,17-18,20-21,24,26,30,32-33,35,40-43,45-52,54-56,58-62H,3-4,6,8-10,12,14-16,19,22-23,25,27-29,31,34,36-39H2,1-2H3,(H,53,57)/b7-5-,13-11-,18-17-,21-20-,26-24-,32-30-,35-33+. The number of hydrogen-bond donors (Lipinski definition) is 9. The van der Waals surface area contributed by atoms with Gasteiger partial charge >= 0.3 is 0 Å². The number of nitrogens with one attached hydrogen (secondary N) is 1. The molecule has 0 aromatic rings. The molecule has 9 N–H and O–H groups in total. The molecular formula is C52H87NO13. The first kappa shape index (κ1) is 59.3. The Morgan fingerprint density at radius 3 is 1.58 bits per heavy atom. The fourth-order valence-corrected chi connectivity index (χ4v) is 7.55. The van der Waals surface area contributed by atoms with Crippen LogP contribution in [-0.4, -0.2) is 140 Å². The summed E-state index contributed by atoms with van der Waals surface area (Å²) in [5, 5.41) is 86.6. The minimum Gasteiger partial charge on any atom is -0.394 e. The molecule has 14 heteroatoms. The Morgan fingerprint density at radius 1 is 0.561 bits per heavy atom. The van der Waals surface area contributed by atoms with Gasteiger partial charge in [0.1, 0.15) is 48.8 Å². The molecule has 14 nitrogen and oxygen atoms in total. The first-order chi connectivity index (χ1) is 32.1. The highest BCUT2D eigenvalue weighted by atomic mass is 16.7. The van der Waals surface area contributed by atoms with Crippen molar-refractivity contribution in [1.29, 1.82) is 0 Å². The summed E-state index contributed by atoms with van der Waals surface area (Å²) in [6.07, 6.45) is 32.0. The van der Waals surface area contributed by atoms with Crippen molar-refractivity contribution in [2.24, 2.45) is 0 Å². The zero-order valence-corrected chi connectivity index (χ0v) is 39.9. The van der Waals surface area contributed by atoms with Gasteiger partial charge in [-0.15, -0.1) is 0 Å². The maximum Gasteiger partial charge on any atom is 0.220 e. The lowest BCUT2D eigenvalue weighted by Crippen LogP contribution is -2.65. The van der Waals surface area contributed by atoms with Crippen molar-refractivity contribution in [1.82, 2.24) is 5.32 Å². The number of hydrogen-bond acceptors (Lipinski definition) is 13. The maximum absolute atomic E-state index is 13.1. The normalized spacial score (nSPS) is 27.5. The highest BCUT2D eigenvalue weighted by Gasteiger charge is 2.51. The number of aliphatic hydroxyl groups excluding tert-OH is 8. The van der Waals surface area contributed by atoms with Crippen LogP contribution in [0.3, 0.4) is 0 Å². The smallest absolute Gasteiger partial charge is 0.220 e. The summed E-state index contributed by atoms with van der Waals surface area (Å²) in [7, 11) is 0. The van der Waals surface area contributed by atoms with Crippen molar-refractivity contribution >= 4 is 5.91 Å². The van der Waals surface area contributed by atoms with Crippen molar-refractivity contribution in [3.8, 4) is 0 Å². The van der Waals surface area contributed by atoms with Gasteiger partial charge in [0.25, 0.3) is 0 Å². The average molecular weight is 934 g/mol. The van der Waals surface area contributed by atoms with Crippen molar-refractivity contribution < 1.29 is 64.6 Å². The average Bonchev–Trinajstić information content (AvgIpc) is 3.31. The van der Waals surface area contributed by atoms with Gasteiger partial charge < -0.3 is 65.1 Å². The third kappa shape index (κ3) is 25.0. The molecule has 2 aliphatic heterocycles. The molecule has 0 aliphatic carbocycles. The van der Waals surface area contributed by atoms with Gasteiger partial charge in [-0.05, 0) is 57.8 Å². The van der Waals surface area contributed by atoms with E-state index in [9.17, 15) is 45.6 Å². The molecule has 0 radical (unpaired) electrons. The van der Waals surface area contributed by atoms with Crippen LogP contribution in [0.15, 0.2) is 85.1 Å². The summed E-state index contributed by atoms with van der Waals surface area (Å²) in [4.78, 5) is 13.1. The second-order valence-corrected chi connectivity index (χ2v) is 17.2. The highest BCUT2D eigenvalue weighted by molar-refractivity contribution is 5.76. The molecule has 0 aromatic carbocycles. The minimum absolute atomic E-state index is 0.151. The molecule has 0 saturated carbocycles. The summed E-state index contributed by atoms with van der Waals surface area (Å²) in [6, 6.07) is -0.958. The molecule has 0 bridgehead atoms. The molecule has 2 saturated heterocycles. The van der Waals surface area contributed by atoms with Gasteiger partial charge in [0.2, 0.25) is 5.91 Å². The van der Waals surface area contributed by atoms with Crippen LogP contribution in [0.25, 0.3) is 0 Å². The Bertz CT molecular complexity index is 1430. The third-order valence-corrected chi connectivity index (χ3v) is 11.6. The number of aliphatic hydroxyl groups is 8. The molecule has 2 fully saturated rings. The molecule has 0 spiro atoms. The molecule has 1 amide bonds. The summed E-state index contributed by atoms with van der Waals surface area (Å²) in [5.74, 6) is -0.327. The first-order valence-corrected chi connectivity index (χ1v) is 24.8. The molecule has 2 aliphatic rings. The summed E-state index contributed by atoms with van der Waals surface area (Å²) in [5.41, 5.74) is 0. The second-order valence-electron chi connectivity index (χ2n) is 17.2. The molecule has 12 atom stereocenters. The maximum atomic E-state index is 13.1. The quantitative estimate of drug-likeness (QED) is 0.0252. The molecule has 2 heterocycles. The van der Waals surface area contributed by atoms with E-state index in [0.29, 0.717) is 6.42 Å². The van der Waals surface area contributed by atoms with E-state index in [4.69, 9.17) is 18.9 Å². The number of ether oxygens (including phenoxy) is 4.